The molecule has 0 unspecified atom stereocenters. The maximum Gasteiger partial charge on any atom is 0.108 e. The van der Waals surface area contributed by atoms with Gasteiger partial charge in [-0.25, -0.2) is 0 Å². The van der Waals surface area contributed by atoms with Crippen LogP contribution >= 0.6 is 0 Å². The van der Waals surface area contributed by atoms with Crippen molar-refractivity contribution < 1.29 is 9.84 Å². The van der Waals surface area contributed by atoms with Gasteiger partial charge in [0.15, 0.2) is 0 Å². The molecule has 0 spiro atoms. The Kier molecular flexibility index (Phi) is 7.87. The second kappa shape index (κ2) is 10.3. The van der Waals surface area contributed by atoms with Crippen molar-refractivity contribution >= 4 is 5.69 Å². The fraction of sp³-hybridized carbons (Fsp3) is 0.579. The summed E-state index contributed by atoms with van der Waals surface area (Å²) in [5.74, 6) is 6.21. The van der Waals surface area contributed by atoms with Crippen molar-refractivity contribution in [2.45, 2.75) is 38.5 Å². The molecule has 2 rings (SSSR count). The second-order valence-electron chi connectivity index (χ2n) is 5.73. The molecule has 3 nitrogen and oxygen atoms in total. The molecule has 0 amide bonds. The van der Waals surface area contributed by atoms with Gasteiger partial charge in [-0.2, -0.15) is 0 Å². The Balaban J connectivity index is 1.62. The minimum Gasteiger partial charge on any atom is -0.396 e. The first-order valence-electron chi connectivity index (χ1n) is 8.42. The van der Waals surface area contributed by atoms with Crippen LogP contribution in [-0.2, 0) is 4.74 Å². The lowest BCUT2D eigenvalue weighted by Crippen LogP contribution is -2.17. The Morgan fingerprint density at radius 1 is 1.00 bits per heavy atom. The molecule has 1 aromatic carbocycles. The minimum absolute atomic E-state index is 0.295. The van der Waals surface area contributed by atoms with Crippen LogP contribution in [-0.4, -0.2) is 38.0 Å². The molecule has 1 N–H and O–H groups in total. The zero-order chi connectivity index (χ0) is 15.5. The molecule has 1 aromatic rings. The van der Waals surface area contributed by atoms with Crippen molar-refractivity contribution in [3.8, 4) is 11.8 Å². The van der Waals surface area contributed by atoms with Crippen LogP contribution < -0.4 is 4.90 Å². The maximum absolute atomic E-state index is 8.67. The molecule has 1 aliphatic rings. The maximum atomic E-state index is 8.67. The Labute approximate surface area is 134 Å². The van der Waals surface area contributed by atoms with Gasteiger partial charge < -0.3 is 14.7 Å². The fourth-order valence-electron chi connectivity index (χ4n) is 2.66. The fourth-order valence-corrected chi connectivity index (χ4v) is 2.66. The predicted molar refractivity (Wildman–Crippen MR) is 91.1 cm³/mol. The highest BCUT2D eigenvalue weighted by Crippen LogP contribution is 2.20. The van der Waals surface area contributed by atoms with Gasteiger partial charge in [0.25, 0.3) is 0 Å². The van der Waals surface area contributed by atoms with E-state index in [-0.39, 0.29) is 0 Å². The Morgan fingerprint density at radius 2 is 1.73 bits per heavy atom. The molecule has 0 saturated carbocycles. The van der Waals surface area contributed by atoms with Gasteiger partial charge in [-0.1, -0.05) is 24.7 Å². The number of aliphatic hydroxyl groups excluding tert-OH is 1. The Bertz CT molecular complexity index is 466. The van der Waals surface area contributed by atoms with E-state index in [9.17, 15) is 0 Å². The third-order valence-electron chi connectivity index (χ3n) is 3.94. The van der Waals surface area contributed by atoms with Gasteiger partial charge in [-0.15, -0.1) is 0 Å². The molecule has 1 fully saturated rings. The smallest absolute Gasteiger partial charge is 0.108 e. The molecule has 0 aromatic heterocycles. The van der Waals surface area contributed by atoms with Crippen molar-refractivity contribution in [3.63, 3.8) is 0 Å². The van der Waals surface area contributed by atoms with E-state index in [0.717, 1.165) is 37.9 Å². The molecule has 0 aliphatic carbocycles. The number of hydrogen-bond donors (Lipinski definition) is 1. The minimum atomic E-state index is 0.295. The molecule has 1 aliphatic heterocycles. The van der Waals surface area contributed by atoms with Gasteiger partial charge in [-0.05, 0) is 49.9 Å². The number of aliphatic hydroxyl groups is 1. The van der Waals surface area contributed by atoms with E-state index in [1.807, 2.05) is 0 Å². The summed E-state index contributed by atoms with van der Waals surface area (Å²) in [7, 11) is 0. The van der Waals surface area contributed by atoms with E-state index >= 15 is 0 Å². The van der Waals surface area contributed by atoms with E-state index in [0.29, 0.717) is 13.2 Å². The highest BCUT2D eigenvalue weighted by atomic mass is 16.5. The first-order chi connectivity index (χ1) is 10.9. The number of hydrogen-bond acceptors (Lipinski definition) is 3. The van der Waals surface area contributed by atoms with Crippen molar-refractivity contribution in [2.24, 2.45) is 0 Å². The highest BCUT2D eigenvalue weighted by molar-refractivity contribution is 5.51. The Hall–Kier alpha value is -1.50. The lowest BCUT2D eigenvalue weighted by Gasteiger charge is -2.17. The summed E-state index contributed by atoms with van der Waals surface area (Å²) in [6, 6.07) is 8.51. The molecule has 0 atom stereocenters. The third-order valence-corrected chi connectivity index (χ3v) is 3.94. The monoisotopic (exact) mass is 301 g/mol. The lowest BCUT2D eigenvalue weighted by atomic mass is 10.2. The molecule has 120 valence electrons. The first kappa shape index (κ1) is 16.9. The topological polar surface area (TPSA) is 32.7 Å². The summed E-state index contributed by atoms with van der Waals surface area (Å²) in [5.41, 5.74) is 2.36. The highest BCUT2D eigenvalue weighted by Gasteiger charge is 2.11. The van der Waals surface area contributed by atoms with Gasteiger partial charge in [0.2, 0.25) is 0 Å². The molecular weight excluding hydrogens is 274 g/mol. The third kappa shape index (κ3) is 6.09. The average Bonchev–Trinajstić information content (AvgIpc) is 3.08. The SMILES string of the molecule is OCCCCCCOCC#Cc1ccc(N2CCCC2)cc1. The van der Waals surface area contributed by atoms with E-state index in [4.69, 9.17) is 9.84 Å². The molecule has 1 saturated heterocycles. The standard InChI is InChI=1S/C19H27NO2/c21-15-5-1-2-6-16-22-17-7-8-18-9-11-19(12-10-18)20-13-3-4-14-20/h9-12,21H,1-6,13-17H2. The predicted octanol–water partition coefficient (Wildman–Crippen LogP) is 3.21. The number of benzene rings is 1. The molecular formula is C19H27NO2. The molecule has 22 heavy (non-hydrogen) atoms. The number of ether oxygens (including phenoxy) is 1. The summed E-state index contributed by atoms with van der Waals surface area (Å²) in [6.07, 6.45) is 6.75. The second-order valence-corrected chi connectivity index (χ2v) is 5.73. The molecule has 0 bridgehead atoms. The largest absolute Gasteiger partial charge is 0.396 e. The first-order valence-corrected chi connectivity index (χ1v) is 8.42. The van der Waals surface area contributed by atoms with Crippen molar-refractivity contribution in [1.29, 1.82) is 0 Å². The summed E-state index contributed by atoms with van der Waals surface area (Å²) >= 11 is 0. The van der Waals surface area contributed by atoms with Crippen molar-refractivity contribution in [1.82, 2.24) is 0 Å². The molecule has 1 heterocycles. The quantitative estimate of drug-likeness (QED) is 0.591. The average molecular weight is 301 g/mol. The molecule has 3 heteroatoms. The van der Waals surface area contributed by atoms with Crippen LogP contribution in [0.1, 0.15) is 44.1 Å². The zero-order valence-corrected chi connectivity index (χ0v) is 13.4. The van der Waals surface area contributed by atoms with Gasteiger partial charge in [0.1, 0.15) is 6.61 Å². The zero-order valence-electron chi connectivity index (χ0n) is 13.4. The molecule has 0 radical (unpaired) electrons. The number of nitrogens with zero attached hydrogens (tertiary/aromatic N) is 1. The van der Waals surface area contributed by atoms with Gasteiger partial charge in [0, 0.05) is 37.6 Å². The van der Waals surface area contributed by atoms with Crippen LogP contribution in [0.5, 0.6) is 0 Å². The van der Waals surface area contributed by atoms with E-state index < -0.39 is 0 Å². The van der Waals surface area contributed by atoms with Crippen molar-refractivity contribution in [2.75, 3.05) is 37.8 Å². The van der Waals surface area contributed by atoms with Crippen LogP contribution in [0, 0.1) is 11.8 Å². The van der Waals surface area contributed by atoms with Crippen LogP contribution in [0.4, 0.5) is 5.69 Å². The number of rotatable bonds is 8. The summed E-state index contributed by atoms with van der Waals surface area (Å²) in [5, 5.41) is 8.67. The van der Waals surface area contributed by atoms with Crippen LogP contribution in [0.2, 0.25) is 0 Å². The van der Waals surface area contributed by atoms with E-state index in [1.54, 1.807) is 0 Å². The van der Waals surface area contributed by atoms with Gasteiger partial charge in [-0.3, -0.25) is 0 Å². The van der Waals surface area contributed by atoms with Gasteiger partial charge >= 0.3 is 0 Å². The normalized spacial score (nSPS) is 14.0. The van der Waals surface area contributed by atoms with Crippen LogP contribution in [0.15, 0.2) is 24.3 Å². The van der Waals surface area contributed by atoms with Crippen molar-refractivity contribution in [3.05, 3.63) is 29.8 Å². The number of unbranched alkanes of at least 4 members (excludes halogenated alkanes) is 3. The van der Waals surface area contributed by atoms with E-state index in [2.05, 4.69) is 41.0 Å². The van der Waals surface area contributed by atoms with Crippen LogP contribution in [0.25, 0.3) is 0 Å². The lowest BCUT2D eigenvalue weighted by molar-refractivity contribution is 0.161. The van der Waals surface area contributed by atoms with Crippen LogP contribution in [0.3, 0.4) is 0 Å². The summed E-state index contributed by atoms with van der Waals surface area (Å²) < 4.78 is 5.50. The summed E-state index contributed by atoms with van der Waals surface area (Å²) in [4.78, 5) is 2.43. The van der Waals surface area contributed by atoms with E-state index in [1.165, 1.54) is 31.6 Å². The summed E-state index contributed by atoms with van der Waals surface area (Å²) in [6.45, 7) is 3.90. The number of anilines is 1. The Morgan fingerprint density at radius 3 is 2.45 bits per heavy atom. The van der Waals surface area contributed by atoms with Gasteiger partial charge in [0.05, 0.1) is 0 Å².